The fourth-order valence-corrected chi connectivity index (χ4v) is 2.05. The molecule has 0 aromatic rings. The average Bonchev–Trinajstić information content (AvgIpc) is 2.38. The molecule has 0 aliphatic heterocycles. The number of rotatable bonds is 6. The summed E-state index contributed by atoms with van der Waals surface area (Å²) in [6, 6.07) is 0. The van der Waals surface area contributed by atoms with Crippen LogP contribution < -0.4 is 0 Å². The van der Waals surface area contributed by atoms with Crippen LogP contribution in [-0.2, 0) is 14.3 Å². The first-order chi connectivity index (χ1) is 8.49. The van der Waals surface area contributed by atoms with Crippen molar-refractivity contribution in [3.63, 3.8) is 0 Å². The summed E-state index contributed by atoms with van der Waals surface area (Å²) in [6.45, 7) is 7.84. The van der Waals surface area contributed by atoms with Crippen LogP contribution in [0, 0.1) is 5.41 Å². The van der Waals surface area contributed by atoms with E-state index in [-0.39, 0.29) is 18.4 Å². The zero-order chi connectivity index (χ0) is 13.6. The Bertz CT molecular complexity index is 254. The topological polar surface area (TPSA) is 35.5 Å². The molecule has 1 unspecified atom stereocenters. The predicted molar refractivity (Wildman–Crippen MR) is 72.2 cm³/mol. The molecule has 0 amide bonds. The van der Waals surface area contributed by atoms with Gasteiger partial charge in [-0.15, -0.1) is 0 Å². The van der Waals surface area contributed by atoms with Gasteiger partial charge in [-0.05, 0) is 33.1 Å². The SMILES string of the molecule is CCC(OC(=O)C(C)(C)CC)OC1CCCCC1. The van der Waals surface area contributed by atoms with Crippen molar-refractivity contribution in [1.82, 2.24) is 0 Å². The van der Waals surface area contributed by atoms with E-state index in [1.807, 2.05) is 27.7 Å². The zero-order valence-corrected chi connectivity index (χ0v) is 12.3. The number of carbonyl (C=O) groups excluding carboxylic acids is 1. The standard InChI is InChI=1S/C15H28O3/c1-5-13(17-12-10-8-7-9-11-12)18-14(16)15(3,4)6-2/h12-13H,5-11H2,1-4H3. The van der Waals surface area contributed by atoms with Crippen molar-refractivity contribution in [3.05, 3.63) is 0 Å². The van der Waals surface area contributed by atoms with Gasteiger partial charge < -0.3 is 9.47 Å². The van der Waals surface area contributed by atoms with Crippen molar-refractivity contribution in [2.45, 2.75) is 85.0 Å². The second kappa shape index (κ2) is 7.13. The lowest BCUT2D eigenvalue weighted by Crippen LogP contribution is -2.33. The first kappa shape index (κ1) is 15.5. The van der Waals surface area contributed by atoms with Crippen molar-refractivity contribution >= 4 is 5.97 Å². The molecule has 1 atom stereocenters. The molecule has 0 aromatic carbocycles. The van der Waals surface area contributed by atoms with Gasteiger partial charge in [-0.2, -0.15) is 0 Å². The van der Waals surface area contributed by atoms with Crippen LogP contribution in [0.15, 0.2) is 0 Å². The Hall–Kier alpha value is -0.570. The Labute approximate surface area is 111 Å². The quantitative estimate of drug-likeness (QED) is 0.531. The summed E-state index contributed by atoms with van der Waals surface area (Å²) < 4.78 is 11.4. The molecule has 18 heavy (non-hydrogen) atoms. The van der Waals surface area contributed by atoms with Crippen molar-refractivity contribution in [2.75, 3.05) is 0 Å². The van der Waals surface area contributed by atoms with Gasteiger partial charge in [-0.3, -0.25) is 4.79 Å². The van der Waals surface area contributed by atoms with Crippen LogP contribution in [0.4, 0.5) is 0 Å². The van der Waals surface area contributed by atoms with Gasteiger partial charge in [0.05, 0.1) is 11.5 Å². The molecule has 0 saturated heterocycles. The number of hydrogen-bond donors (Lipinski definition) is 0. The molecule has 3 nitrogen and oxygen atoms in total. The Morgan fingerprint density at radius 1 is 1.22 bits per heavy atom. The summed E-state index contributed by atoms with van der Waals surface area (Å²) in [6.07, 6.45) is 7.39. The first-order valence-electron chi connectivity index (χ1n) is 7.36. The molecular weight excluding hydrogens is 228 g/mol. The highest BCUT2D eigenvalue weighted by molar-refractivity contribution is 5.75. The van der Waals surface area contributed by atoms with Crippen molar-refractivity contribution in [2.24, 2.45) is 5.41 Å². The van der Waals surface area contributed by atoms with Crippen LogP contribution in [0.25, 0.3) is 0 Å². The molecule has 0 spiro atoms. The summed E-state index contributed by atoms with van der Waals surface area (Å²) in [5, 5.41) is 0. The summed E-state index contributed by atoms with van der Waals surface area (Å²) in [4.78, 5) is 12.0. The monoisotopic (exact) mass is 256 g/mol. The van der Waals surface area contributed by atoms with Gasteiger partial charge >= 0.3 is 5.97 Å². The van der Waals surface area contributed by atoms with E-state index < -0.39 is 5.41 Å². The van der Waals surface area contributed by atoms with Crippen LogP contribution in [0.3, 0.4) is 0 Å². The molecule has 1 fully saturated rings. The number of ether oxygens (including phenoxy) is 2. The van der Waals surface area contributed by atoms with Crippen LogP contribution in [0.1, 0.15) is 72.6 Å². The van der Waals surface area contributed by atoms with Gasteiger partial charge in [-0.1, -0.05) is 33.1 Å². The average molecular weight is 256 g/mol. The molecule has 0 heterocycles. The predicted octanol–water partition coefficient (Wildman–Crippen LogP) is 4.05. The maximum atomic E-state index is 12.0. The summed E-state index contributed by atoms with van der Waals surface area (Å²) in [5.74, 6) is -0.146. The molecular formula is C15H28O3. The molecule has 1 saturated carbocycles. The lowest BCUT2D eigenvalue weighted by molar-refractivity contribution is -0.201. The van der Waals surface area contributed by atoms with Gasteiger partial charge in [0.15, 0.2) is 0 Å². The Balaban J connectivity index is 2.43. The fraction of sp³-hybridized carbons (Fsp3) is 0.933. The first-order valence-corrected chi connectivity index (χ1v) is 7.36. The smallest absolute Gasteiger partial charge is 0.313 e. The van der Waals surface area contributed by atoms with E-state index in [1.165, 1.54) is 19.3 Å². The van der Waals surface area contributed by atoms with Crippen LogP contribution in [-0.4, -0.2) is 18.4 Å². The van der Waals surface area contributed by atoms with E-state index in [0.29, 0.717) is 0 Å². The van der Waals surface area contributed by atoms with Gasteiger partial charge in [0.25, 0.3) is 0 Å². The van der Waals surface area contributed by atoms with Gasteiger partial charge in [0.1, 0.15) is 0 Å². The Kier molecular flexibility index (Phi) is 6.13. The minimum atomic E-state index is -0.413. The maximum Gasteiger partial charge on any atom is 0.313 e. The lowest BCUT2D eigenvalue weighted by atomic mass is 9.91. The lowest BCUT2D eigenvalue weighted by Gasteiger charge is -2.29. The molecule has 3 heteroatoms. The minimum Gasteiger partial charge on any atom is -0.435 e. The minimum absolute atomic E-state index is 0.146. The van der Waals surface area contributed by atoms with Gasteiger partial charge in [-0.25, -0.2) is 0 Å². The Morgan fingerprint density at radius 3 is 2.33 bits per heavy atom. The second-order valence-corrected chi connectivity index (χ2v) is 5.88. The number of carbonyl (C=O) groups is 1. The normalized spacial score (nSPS) is 19.6. The van der Waals surface area contributed by atoms with E-state index in [2.05, 4.69) is 0 Å². The number of esters is 1. The number of hydrogen-bond acceptors (Lipinski definition) is 3. The van der Waals surface area contributed by atoms with Crippen LogP contribution >= 0.6 is 0 Å². The third kappa shape index (κ3) is 4.60. The molecule has 0 radical (unpaired) electrons. The molecule has 0 aromatic heterocycles. The highest BCUT2D eigenvalue weighted by atomic mass is 16.7. The van der Waals surface area contributed by atoms with Gasteiger partial charge in [0, 0.05) is 6.42 Å². The van der Waals surface area contributed by atoms with E-state index in [1.54, 1.807) is 0 Å². The highest BCUT2D eigenvalue weighted by Gasteiger charge is 2.30. The molecule has 106 valence electrons. The molecule has 0 bridgehead atoms. The van der Waals surface area contributed by atoms with Crippen molar-refractivity contribution in [3.8, 4) is 0 Å². The van der Waals surface area contributed by atoms with Crippen molar-refractivity contribution in [1.29, 1.82) is 0 Å². The third-order valence-corrected chi connectivity index (χ3v) is 3.90. The zero-order valence-electron chi connectivity index (χ0n) is 12.3. The maximum absolute atomic E-state index is 12.0. The van der Waals surface area contributed by atoms with E-state index >= 15 is 0 Å². The van der Waals surface area contributed by atoms with Crippen LogP contribution in [0.2, 0.25) is 0 Å². The molecule has 1 aliphatic carbocycles. The fourth-order valence-electron chi connectivity index (χ4n) is 2.05. The van der Waals surface area contributed by atoms with Crippen molar-refractivity contribution < 1.29 is 14.3 Å². The molecule has 1 rings (SSSR count). The van der Waals surface area contributed by atoms with Crippen LogP contribution in [0.5, 0.6) is 0 Å². The summed E-state index contributed by atoms with van der Waals surface area (Å²) in [5.41, 5.74) is -0.413. The third-order valence-electron chi connectivity index (χ3n) is 3.90. The summed E-state index contributed by atoms with van der Waals surface area (Å²) >= 11 is 0. The Morgan fingerprint density at radius 2 is 1.83 bits per heavy atom. The second-order valence-electron chi connectivity index (χ2n) is 5.88. The van der Waals surface area contributed by atoms with E-state index in [4.69, 9.17) is 9.47 Å². The largest absolute Gasteiger partial charge is 0.435 e. The highest BCUT2D eigenvalue weighted by Crippen LogP contribution is 2.26. The van der Waals surface area contributed by atoms with E-state index in [0.717, 1.165) is 25.7 Å². The molecule has 0 N–H and O–H groups in total. The van der Waals surface area contributed by atoms with E-state index in [9.17, 15) is 4.79 Å². The summed E-state index contributed by atoms with van der Waals surface area (Å²) in [7, 11) is 0. The molecule has 1 aliphatic rings. The van der Waals surface area contributed by atoms with Gasteiger partial charge in [0.2, 0.25) is 6.29 Å².